The van der Waals surface area contributed by atoms with Gasteiger partial charge in [0.15, 0.2) is 0 Å². The number of piperidine rings is 1. The molecule has 0 radical (unpaired) electrons. The number of carboxylic acid groups (broad SMARTS) is 1. The van der Waals surface area contributed by atoms with Gasteiger partial charge in [0.1, 0.15) is 5.82 Å². The number of hydrogen-bond donors (Lipinski definition) is 1. The number of aromatic nitrogens is 2. The molecule has 6 nitrogen and oxygen atoms in total. The number of benzene rings is 1. The molecule has 2 heterocycles. The summed E-state index contributed by atoms with van der Waals surface area (Å²) in [4.78, 5) is 30.8. The van der Waals surface area contributed by atoms with Crippen molar-refractivity contribution in [3.63, 3.8) is 0 Å². The molecule has 1 aromatic carbocycles. The third-order valence-corrected chi connectivity index (χ3v) is 5.69. The number of rotatable bonds is 5. The lowest BCUT2D eigenvalue weighted by Gasteiger charge is -2.39. The molecule has 0 spiro atoms. The highest BCUT2D eigenvalue weighted by Gasteiger charge is 2.34. The second-order valence-electron chi connectivity index (χ2n) is 9.26. The number of fused-ring (bicyclic) bond motifs is 1. The summed E-state index contributed by atoms with van der Waals surface area (Å²) in [6.45, 7) is 7.46. The molecule has 1 aliphatic rings. The van der Waals surface area contributed by atoms with Gasteiger partial charge in [-0.1, -0.05) is 32.9 Å². The molecule has 1 amide bonds. The number of amides is 1. The smallest absolute Gasteiger partial charge is 0.303 e. The number of aryl methyl sites for hydroxylation is 1. The Balaban J connectivity index is 1.81. The third-order valence-electron chi connectivity index (χ3n) is 5.69. The van der Waals surface area contributed by atoms with Crippen LogP contribution in [-0.4, -0.2) is 44.5 Å². The number of likely N-dealkylation sites (tertiary alicyclic amines) is 1. The van der Waals surface area contributed by atoms with Crippen molar-refractivity contribution in [2.45, 2.75) is 46.5 Å². The lowest BCUT2D eigenvalue weighted by Crippen LogP contribution is -2.46. The first-order valence-electron chi connectivity index (χ1n) is 10.0. The predicted molar refractivity (Wildman–Crippen MR) is 109 cm³/mol. The van der Waals surface area contributed by atoms with E-state index in [9.17, 15) is 14.7 Å². The Morgan fingerprint density at radius 1 is 1.21 bits per heavy atom. The number of aliphatic carboxylic acids is 1. The average Bonchev–Trinajstić information content (AvgIpc) is 2.91. The Hall–Kier alpha value is -2.37. The summed E-state index contributed by atoms with van der Waals surface area (Å²) >= 11 is 0. The van der Waals surface area contributed by atoms with Crippen LogP contribution in [0.2, 0.25) is 0 Å². The van der Waals surface area contributed by atoms with Gasteiger partial charge < -0.3 is 14.6 Å². The first-order valence-corrected chi connectivity index (χ1v) is 10.0. The molecule has 1 saturated heterocycles. The molecule has 0 unspecified atom stereocenters. The molecule has 3 rings (SSSR count). The van der Waals surface area contributed by atoms with Crippen LogP contribution in [0.5, 0.6) is 0 Å². The van der Waals surface area contributed by atoms with E-state index in [2.05, 4.69) is 25.3 Å². The van der Waals surface area contributed by atoms with E-state index in [1.165, 1.54) is 0 Å². The van der Waals surface area contributed by atoms with Gasteiger partial charge in [-0.05, 0) is 35.8 Å². The van der Waals surface area contributed by atoms with Gasteiger partial charge in [-0.15, -0.1) is 0 Å². The first kappa shape index (κ1) is 20.4. The van der Waals surface area contributed by atoms with E-state index in [0.717, 1.165) is 23.3 Å². The summed E-state index contributed by atoms with van der Waals surface area (Å²) in [5.74, 6) is 0.512. The third kappa shape index (κ3) is 4.72. The molecular formula is C22H31N3O3. The maximum atomic E-state index is 12.7. The highest BCUT2D eigenvalue weighted by atomic mass is 16.4. The maximum absolute atomic E-state index is 12.7. The highest BCUT2D eigenvalue weighted by Crippen LogP contribution is 2.31. The Morgan fingerprint density at radius 3 is 2.57 bits per heavy atom. The van der Waals surface area contributed by atoms with Crippen molar-refractivity contribution < 1.29 is 14.7 Å². The highest BCUT2D eigenvalue weighted by molar-refractivity contribution is 5.77. The maximum Gasteiger partial charge on any atom is 0.303 e. The molecule has 1 aliphatic heterocycles. The Bertz CT molecular complexity index is 866. The second kappa shape index (κ2) is 7.94. The minimum Gasteiger partial charge on any atom is -0.481 e. The molecule has 0 aliphatic carbocycles. The van der Waals surface area contributed by atoms with Gasteiger partial charge in [-0.25, -0.2) is 4.98 Å². The van der Waals surface area contributed by atoms with Crippen molar-refractivity contribution in [1.82, 2.24) is 14.5 Å². The molecule has 0 saturated carbocycles. The van der Waals surface area contributed by atoms with Crippen molar-refractivity contribution >= 4 is 22.9 Å². The van der Waals surface area contributed by atoms with E-state index in [1.54, 1.807) is 0 Å². The quantitative estimate of drug-likeness (QED) is 0.855. The average molecular weight is 386 g/mol. The van der Waals surface area contributed by atoms with Crippen LogP contribution in [-0.2, 0) is 23.1 Å². The van der Waals surface area contributed by atoms with Gasteiger partial charge in [0.25, 0.3) is 0 Å². The van der Waals surface area contributed by atoms with Crippen LogP contribution >= 0.6 is 0 Å². The van der Waals surface area contributed by atoms with Gasteiger partial charge in [-0.3, -0.25) is 9.59 Å². The number of carbonyl (C=O) groups excluding carboxylic acids is 1. The van der Waals surface area contributed by atoms with Gasteiger partial charge in [0.2, 0.25) is 5.91 Å². The van der Waals surface area contributed by atoms with E-state index in [1.807, 2.05) is 36.2 Å². The number of para-hydroxylation sites is 2. The topological polar surface area (TPSA) is 75.4 Å². The first-order chi connectivity index (χ1) is 13.1. The van der Waals surface area contributed by atoms with Gasteiger partial charge in [-0.2, -0.15) is 0 Å². The number of nitrogens with zero attached hydrogens (tertiary/aromatic N) is 3. The van der Waals surface area contributed by atoms with Gasteiger partial charge >= 0.3 is 5.97 Å². The molecular weight excluding hydrogens is 354 g/mol. The van der Waals surface area contributed by atoms with Crippen molar-refractivity contribution in [2.24, 2.45) is 24.3 Å². The summed E-state index contributed by atoms with van der Waals surface area (Å²) in [6.07, 6.45) is 2.07. The Labute approximate surface area is 166 Å². The second-order valence-corrected chi connectivity index (χ2v) is 9.26. The normalized spacial score (nSPS) is 20.5. The van der Waals surface area contributed by atoms with Gasteiger partial charge in [0, 0.05) is 39.4 Å². The van der Waals surface area contributed by atoms with Crippen molar-refractivity contribution in [1.29, 1.82) is 0 Å². The van der Waals surface area contributed by atoms with E-state index in [-0.39, 0.29) is 29.6 Å². The summed E-state index contributed by atoms with van der Waals surface area (Å²) in [6, 6.07) is 8.00. The van der Waals surface area contributed by atoms with Crippen LogP contribution in [0.4, 0.5) is 0 Å². The number of carbonyl (C=O) groups is 2. The Kier molecular flexibility index (Phi) is 5.77. The van der Waals surface area contributed by atoms with Crippen LogP contribution in [0.25, 0.3) is 11.0 Å². The van der Waals surface area contributed by atoms with Crippen LogP contribution in [0.3, 0.4) is 0 Å². The van der Waals surface area contributed by atoms with Crippen LogP contribution in [0, 0.1) is 17.3 Å². The van der Waals surface area contributed by atoms with Crippen LogP contribution in [0.15, 0.2) is 24.3 Å². The lowest BCUT2D eigenvalue weighted by atomic mass is 9.80. The summed E-state index contributed by atoms with van der Waals surface area (Å²) in [7, 11) is 2.00. The van der Waals surface area contributed by atoms with Crippen molar-refractivity contribution in [2.75, 3.05) is 13.1 Å². The zero-order valence-electron chi connectivity index (χ0n) is 17.3. The van der Waals surface area contributed by atoms with Crippen molar-refractivity contribution in [3.8, 4) is 0 Å². The number of carboxylic acids is 1. The molecule has 2 aromatic rings. The zero-order valence-corrected chi connectivity index (χ0v) is 17.3. The molecule has 1 N–H and O–H groups in total. The SMILES string of the molecule is Cn1c(C[C@H]2CN(C(=O)CC(C)(C)C)CC[C@H]2CC(=O)O)nc2ccccc21. The fraction of sp³-hybridized carbons (Fsp3) is 0.591. The van der Waals surface area contributed by atoms with E-state index < -0.39 is 5.97 Å². The van der Waals surface area contributed by atoms with E-state index >= 15 is 0 Å². The molecule has 0 bridgehead atoms. The van der Waals surface area contributed by atoms with Crippen LogP contribution in [0.1, 0.15) is 45.9 Å². The molecule has 152 valence electrons. The zero-order chi connectivity index (χ0) is 20.5. The van der Waals surface area contributed by atoms with Crippen molar-refractivity contribution in [3.05, 3.63) is 30.1 Å². The molecule has 2 atom stereocenters. The Morgan fingerprint density at radius 2 is 1.93 bits per heavy atom. The summed E-state index contributed by atoms with van der Waals surface area (Å²) < 4.78 is 2.09. The molecule has 1 aromatic heterocycles. The monoisotopic (exact) mass is 385 g/mol. The summed E-state index contributed by atoms with van der Waals surface area (Å²) in [5.41, 5.74) is 1.97. The van der Waals surface area contributed by atoms with Crippen LogP contribution < -0.4 is 0 Å². The molecule has 6 heteroatoms. The van der Waals surface area contributed by atoms with E-state index in [0.29, 0.717) is 25.9 Å². The molecule has 28 heavy (non-hydrogen) atoms. The number of hydrogen-bond acceptors (Lipinski definition) is 3. The predicted octanol–water partition coefficient (Wildman–Crippen LogP) is 3.49. The largest absolute Gasteiger partial charge is 0.481 e. The number of imidazole rings is 1. The van der Waals surface area contributed by atoms with E-state index in [4.69, 9.17) is 4.98 Å². The summed E-state index contributed by atoms with van der Waals surface area (Å²) in [5, 5.41) is 9.35. The standard InChI is InChI=1S/C22H31N3O3/c1-22(2,3)13-20(26)25-10-9-15(12-21(27)28)16(14-25)11-19-23-17-7-5-6-8-18(17)24(19)4/h5-8,15-16H,9-14H2,1-4H3,(H,27,28)/t15-,16-/m0/s1. The lowest BCUT2D eigenvalue weighted by molar-refractivity contribution is -0.140. The molecule has 1 fully saturated rings. The minimum absolute atomic E-state index is 0.0537. The fourth-order valence-corrected chi connectivity index (χ4v) is 4.21. The fourth-order valence-electron chi connectivity index (χ4n) is 4.21. The minimum atomic E-state index is -0.769. The van der Waals surface area contributed by atoms with Gasteiger partial charge in [0.05, 0.1) is 11.0 Å².